The van der Waals surface area contributed by atoms with Crippen LogP contribution >= 0.6 is 0 Å². The van der Waals surface area contributed by atoms with E-state index in [4.69, 9.17) is 9.47 Å². The Morgan fingerprint density at radius 1 is 1.04 bits per heavy atom. The van der Waals surface area contributed by atoms with E-state index >= 15 is 0 Å². The van der Waals surface area contributed by atoms with E-state index in [2.05, 4.69) is 27.6 Å². The fourth-order valence-corrected chi connectivity index (χ4v) is 5.85. The Hall–Kier alpha value is -5.69. The van der Waals surface area contributed by atoms with Crippen LogP contribution in [0, 0.1) is 17.8 Å². The van der Waals surface area contributed by atoms with Crippen LogP contribution in [-0.2, 0) is 30.8 Å². The lowest BCUT2D eigenvalue weighted by Crippen LogP contribution is -2.54. The molecule has 266 valence electrons. The van der Waals surface area contributed by atoms with Crippen LogP contribution in [-0.4, -0.2) is 83.7 Å². The first kappa shape index (κ1) is 35.1. The summed E-state index contributed by atoms with van der Waals surface area (Å²) in [5.74, 6) is 3.27. The minimum atomic E-state index is -4.60. The lowest BCUT2D eigenvalue weighted by Gasteiger charge is -2.38. The van der Waals surface area contributed by atoms with E-state index in [1.54, 1.807) is 38.2 Å². The number of carbonyl (C=O) groups excluding carboxylic acids is 5. The molecule has 3 aliphatic heterocycles. The van der Waals surface area contributed by atoms with Gasteiger partial charge >= 0.3 is 6.18 Å². The van der Waals surface area contributed by atoms with Crippen molar-refractivity contribution in [1.82, 2.24) is 20.0 Å². The van der Waals surface area contributed by atoms with Gasteiger partial charge in [-0.15, -0.1) is 0 Å². The van der Waals surface area contributed by atoms with Gasteiger partial charge in [-0.1, -0.05) is 11.8 Å². The van der Waals surface area contributed by atoms with Crippen molar-refractivity contribution in [2.24, 2.45) is 5.92 Å². The molecule has 0 radical (unpaired) electrons. The minimum Gasteiger partial charge on any atom is -0.489 e. The Balaban J connectivity index is 1.07. The number of aromatic nitrogens is 2. The molecule has 16 heteroatoms. The second-order valence-corrected chi connectivity index (χ2v) is 12.8. The van der Waals surface area contributed by atoms with Crippen molar-refractivity contribution in [3.63, 3.8) is 0 Å². The highest BCUT2D eigenvalue weighted by Crippen LogP contribution is 2.36. The molecule has 2 saturated heterocycles. The molecule has 6 rings (SSSR count). The Bertz CT molecular complexity index is 1990. The van der Waals surface area contributed by atoms with Crippen molar-refractivity contribution in [2.75, 3.05) is 43.6 Å². The zero-order valence-corrected chi connectivity index (χ0v) is 27.8. The highest BCUT2D eigenvalue weighted by atomic mass is 19.4. The summed E-state index contributed by atoms with van der Waals surface area (Å²) in [6.07, 6.45) is -1.37. The van der Waals surface area contributed by atoms with Crippen LogP contribution in [0.5, 0.6) is 5.75 Å². The number of carbonyl (C=O) groups is 5. The number of ether oxygens (including phenoxy) is 2. The maximum absolute atomic E-state index is 13.3. The summed E-state index contributed by atoms with van der Waals surface area (Å²) in [4.78, 5) is 66.3. The van der Waals surface area contributed by atoms with Crippen molar-refractivity contribution < 1.29 is 46.6 Å². The Labute approximate surface area is 290 Å². The minimum absolute atomic E-state index is 0.0218. The zero-order chi connectivity index (χ0) is 36.7. The molecule has 0 bridgehead atoms. The number of fused-ring (bicyclic) bond motifs is 1. The number of methoxy groups -OCH3 is 1. The van der Waals surface area contributed by atoms with Crippen LogP contribution in [0.3, 0.4) is 0 Å². The number of piperidine rings is 1. The quantitative estimate of drug-likeness (QED) is 0.194. The first-order chi connectivity index (χ1) is 24.2. The Morgan fingerprint density at radius 2 is 1.78 bits per heavy atom. The van der Waals surface area contributed by atoms with Gasteiger partial charge in [-0.2, -0.15) is 18.3 Å². The predicted molar refractivity (Wildman–Crippen MR) is 175 cm³/mol. The van der Waals surface area contributed by atoms with Gasteiger partial charge in [-0.25, -0.2) is 0 Å². The van der Waals surface area contributed by atoms with Gasteiger partial charge in [0.15, 0.2) is 0 Å². The van der Waals surface area contributed by atoms with Crippen molar-refractivity contribution in [1.29, 1.82) is 0 Å². The van der Waals surface area contributed by atoms with Crippen molar-refractivity contribution in [2.45, 2.75) is 44.4 Å². The summed E-state index contributed by atoms with van der Waals surface area (Å²) in [6.45, 7) is 4.41. The van der Waals surface area contributed by atoms with Crippen molar-refractivity contribution in [3.05, 3.63) is 71.0 Å². The number of imide groups is 2. The van der Waals surface area contributed by atoms with Crippen LogP contribution in [0.25, 0.3) is 0 Å². The average molecular weight is 707 g/mol. The first-order valence-electron chi connectivity index (χ1n) is 16.0. The fraction of sp³-hybridized carbons (Fsp3) is 0.371. The third-order valence-corrected chi connectivity index (χ3v) is 8.90. The van der Waals surface area contributed by atoms with Gasteiger partial charge in [0, 0.05) is 38.5 Å². The topological polar surface area (TPSA) is 152 Å². The van der Waals surface area contributed by atoms with E-state index in [1.165, 1.54) is 18.0 Å². The molecule has 5 amide bonds. The van der Waals surface area contributed by atoms with Gasteiger partial charge in [0.05, 0.1) is 46.7 Å². The molecule has 51 heavy (non-hydrogen) atoms. The molecule has 4 heterocycles. The highest BCUT2D eigenvalue weighted by Gasteiger charge is 2.45. The van der Waals surface area contributed by atoms with Crippen molar-refractivity contribution in [3.8, 4) is 17.6 Å². The normalized spacial score (nSPS) is 17.8. The molecule has 2 N–H and O–H groups in total. The van der Waals surface area contributed by atoms with Gasteiger partial charge in [0.25, 0.3) is 17.7 Å². The molecule has 2 aromatic carbocycles. The van der Waals surface area contributed by atoms with Crippen LogP contribution in [0.15, 0.2) is 48.8 Å². The third-order valence-electron chi connectivity index (χ3n) is 8.90. The molecule has 2 fully saturated rings. The monoisotopic (exact) mass is 706 g/mol. The number of benzene rings is 2. The molecule has 0 aliphatic carbocycles. The average Bonchev–Trinajstić information content (AvgIpc) is 3.63. The molecule has 13 nitrogen and oxygen atoms in total. The largest absolute Gasteiger partial charge is 0.489 e. The molecule has 1 aromatic heterocycles. The maximum atomic E-state index is 13.3. The maximum Gasteiger partial charge on any atom is 0.416 e. The lowest BCUT2D eigenvalue weighted by atomic mass is 9.98. The molecule has 1 unspecified atom stereocenters. The highest BCUT2D eigenvalue weighted by molar-refractivity contribution is 6.23. The number of amides is 5. The first-order valence-corrected chi connectivity index (χ1v) is 16.0. The van der Waals surface area contributed by atoms with E-state index < -0.39 is 52.9 Å². The van der Waals surface area contributed by atoms with Crippen molar-refractivity contribution >= 4 is 40.9 Å². The summed E-state index contributed by atoms with van der Waals surface area (Å²) in [5.41, 5.74) is -0.460. The number of nitrogens with zero attached hydrogens (tertiary/aromatic N) is 4. The number of hydrogen-bond acceptors (Lipinski definition) is 9. The van der Waals surface area contributed by atoms with Gasteiger partial charge in [-0.3, -0.25) is 38.9 Å². The smallest absolute Gasteiger partial charge is 0.416 e. The number of rotatable bonds is 9. The summed E-state index contributed by atoms with van der Waals surface area (Å²) in [5, 5.41) is 9.13. The summed E-state index contributed by atoms with van der Waals surface area (Å²) >= 11 is 0. The van der Waals surface area contributed by atoms with Crippen LogP contribution in [0.2, 0.25) is 0 Å². The summed E-state index contributed by atoms with van der Waals surface area (Å²) in [7, 11) is 1.43. The van der Waals surface area contributed by atoms with Crippen LogP contribution < -0.4 is 20.3 Å². The Kier molecular flexibility index (Phi) is 9.34. The number of alkyl halides is 3. The summed E-state index contributed by atoms with van der Waals surface area (Å²) in [6, 6.07) is 6.71. The van der Waals surface area contributed by atoms with Gasteiger partial charge in [0.1, 0.15) is 23.9 Å². The lowest BCUT2D eigenvalue weighted by molar-refractivity contribution is -0.138. The molecule has 3 aliphatic rings. The predicted octanol–water partition coefficient (Wildman–Crippen LogP) is 3.19. The molecule has 1 atom stereocenters. The fourth-order valence-electron chi connectivity index (χ4n) is 5.85. The standard InChI is InChI=1S/C35H33F3N6O7/c1-34(2,33(49)40-26-9-6-22(35(36,37)38)14-28(26)51-13-12-50-3)43-19-20(16-39-43)4-5-21-17-42(18-21)23-7-8-24-25(15-23)32(48)44(31(24)47)27-10-11-29(45)41-30(27)46/h6-9,14-16,19,21,27H,10-13,17-18H2,1-3H3,(H,40,49)(H,41,45,46). The van der Waals surface area contributed by atoms with Crippen LogP contribution in [0.4, 0.5) is 24.5 Å². The number of halogens is 3. The molecular formula is C35H33F3N6O7. The third kappa shape index (κ3) is 7.02. The number of anilines is 2. The second kappa shape index (κ2) is 13.6. The summed E-state index contributed by atoms with van der Waals surface area (Å²) < 4.78 is 51.8. The Morgan fingerprint density at radius 3 is 2.49 bits per heavy atom. The van der Waals surface area contributed by atoms with E-state index in [1.807, 2.05) is 4.90 Å². The molecule has 0 spiro atoms. The molecule has 0 saturated carbocycles. The number of nitrogens with one attached hydrogen (secondary N) is 2. The van der Waals surface area contributed by atoms with Crippen LogP contribution in [0.1, 0.15) is 58.5 Å². The molecule has 3 aromatic rings. The molecular weight excluding hydrogens is 673 g/mol. The van der Waals surface area contributed by atoms with E-state index in [0.29, 0.717) is 18.7 Å². The number of hydrogen-bond donors (Lipinski definition) is 2. The second-order valence-electron chi connectivity index (χ2n) is 12.8. The zero-order valence-electron chi connectivity index (χ0n) is 27.8. The van der Waals surface area contributed by atoms with E-state index in [-0.39, 0.29) is 54.5 Å². The van der Waals surface area contributed by atoms with Gasteiger partial charge in [-0.05, 0) is 56.7 Å². The SMILES string of the molecule is COCCOc1cc(C(F)(F)F)ccc1NC(=O)C(C)(C)n1cc(C#CC2CN(c3ccc4c(c3)C(=O)N(C3CCC(=O)NC3=O)C4=O)C2)cn1. The van der Waals surface area contributed by atoms with E-state index in [0.717, 1.165) is 28.8 Å². The van der Waals surface area contributed by atoms with Gasteiger partial charge in [0.2, 0.25) is 11.8 Å². The van der Waals surface area contributed by atoms with E-state index in [9.17, 15) is 37.1 Å². The van der Waals surface area contributed by atoms with Gasteiger partial charge < -0.3 is 19.7 Å².